The molecule has 0 amide bonds. The van der Waals surface area contributed by atoms with Gasteiger partial charge >= 0.3 is 0 Å². The summed E-state index contributed by atoms with van der Waals surface area (Å²) >= 11 is 0. The highest BCUT2D eigenvalue weighted by molar-refractivity contribution is 7.89. The molecule has 2 aromatic rings. The lowest BCUT2D eigenvalue weighted by atomic mass is 10.0. The molecule has 21 heavy (non-hydrogen) atoms. The van der Waals surface area contributed by atoms with Crippen LogP contribution in [0.5, 0.6) is 0 Å². The second kappa shape index (κ2) is 6.37. The third kappa shape index (κ3) is 3.68. The maximum Gasteiger partial charge on any atom is 0.244 e. The molecule has 0 saturated carbocycles. The van der Waals surface area contributed by atoms with Gasteiger partial charge in [-0.1, -0.05) is 48.9 Å². The zero-order chi connectivity index (χ0) is 15.5. The summed E-state index contributed by atoms with van der Waals surface area (Å²) in [6.45, 7) is 3.85. The fourth-order valence-corrected chi connectivity index (χ4v) is 3.49. The van der Waals surface area contributed by atoms with E-state index in [0.29, 0.717) is 6.42 Å². The van der Waals surface area contributed by atoms with Gasteiger partial charge in [-0.25, -0.2) is 17.5 Å². The van der Waals surface area contributed by atoms with Crippen LogP contribution in [0.2, 0.25) is 0 Å². The summed E-state index contributed by atoms with van der Waals surface area (Å²) in [7, 11) is -3.89. The first kappa shape index (κ1) is 15.7. The predicted molar refractivity (Wildman–Crippen MR) is 80.9 cm³/mol. The Bertz CT molecular complexity index is 711. The lowest BCUT2D eigenvalue weighted by Crippen LogP contribution is -2.29. The number of rotatable bonds is 5. The van der Waals surface area contributed by atoms with E-state index >= 15 is 0 Å². The van der Waals surface area contributed by atoms with Gasteiger partial charge in [0.25, 0.3) is 0 Å². The summed E-state index contributed by atoms with van der Waals surface area (Å²) in [4.78, 5) is -0.324. The molecule has 0 fully saturated rings. The van der Waals surface area contributed by atoms with Crippen LogP contribution in [0.25, 0.3) is 0 Å². The number of nitrogens with one attached hydrogen (secondary N) is 1. The second-order valence-electron chi connectivity index (χ2n) is 4.92. The molecule has 2 aromatic carbocycles. The molecule has 0 saturated heterocycles. The molecule has 0 aliphatic carbocycles. The van der Waals surface area contributed by atoms with Crippen LogP contribution in [-0.2, 0) is 10.0 Å². The molecule has 0 radical (unpaired) electrons. The van der Waals surface area contributed by atoms with Gasteiger partial charge in [0, 0.05) is 6.04 Å². The Morgan fingerprint density at radius 3 is 2.29 bits per heavy atom. The Labute approximate surface area is 124 Å². The highest BCUT2D eigenvalue weighted by Crippen LogP contribution is 2.21. The zero-order valence-electron chi connectivity index (χ0n) is 12.0. The van der Waals surface area contributed by atoms with E-state index in [1.165, 1.54) is 18.2 Å². The van der Waals surface area contributed by atoms with Crippen molar-refractivity contribution in [3.63, 3.8) is 0 Å². The lowest BCUT2D eigenvalue weighted by Gasteiger charge is -2.18. The van der Waals surface area contributed by atoms with E-state index in [4.69, 9.17) is 0 Å². The standard InChI is InChI=1S/C16H18FNO2S/c1-3-15(13-10-8-12(2)9-11-13)18-21(19,20)16-7-5-4-6-14(16)17/h4-11,15,18H,3H2,1-2H3/t15-/m0/s1. The summed E-state index contributed by atoms with van der Waals surface area (Å²) in [5.41, 5.74) is 1.97. The minimum atomic E-state index is -3.89. The second-order valence-corrected chi connectivity index (χ2v) is 6.61. The van der Waals surface area contributed by atoms with Crippen LogP contribution in [0.3, 0.4) is 0 Å². The molecular formula is C16H18FNO2S. The fraction of sp³-hybridized carbons (Fsp3) is 0.250. The number of sulfonamides is 1. The third-order valence-electron chi connectivity index (χ3n) is 3.31. The van der Waals surface area contributed by atoms with E-state index < -0.39 is 15.8 Å². The van der Waals surface area contributed by atoms with Gasteiger partial charge in [0.1, 0.15) is 10.7 Å². The smallest absolute Gasteiger partial charge is 0.207 e. The maximum absolute atomic E-state index is 13.7. The third-order valence-corrected chi connectivity index (χ3v) is 4.82. The van der Waals surface area contributed by atoms with Crippen LogP contribution < -0.4 is 4.72 Å². The van der Waals surface area contributed by atoms with E-state index in [2.05, 4.69) is 4.72 Å². The van der Waals surface area contributed by atoms with E-state index in [1.807, 2.05) is 38.1 Å². The first-order valence-electron chi connectivity index (χ1n) is 6.77. The van der Waals surface area contributed by atoms with Crippen LogP contribution in [0.15, 0.2) is 53.4 Å². The van der Waals surface area contributed by atoms with Crippen molar-refractivity contribution in [2.45, 2.75) is 31.2 Å². The van der Waals surface area contributed by atoms with Crippen molar-refractivity contribution < 1.29 is 12.8 Å². The van der Waals surface area contributed by atoms with Crippen molar-refractivity contribution in [1.29, 1.82) is 0 Å². The predicted octanol–water partition coefficient (Wildman–Crippen LogP) is 3.56. The highest BCUT2D eigenvalue weighted by atomic mass is 32.2. The first-order valence-corrected chi connectivity index (χ1v) is 8.26. The SMILES string of the molecule is CC[C@H](NS(=O)(=O)c1ccccc1F)c1ccc(C)cc1. The van der Waals surface area contributed by atoms with Gasteiger partial charge in [-0.05, 0) is 31.0 Å². The van der Waals surface area contributed by atoms with Gasteiger partial charge < -0.3 is 0 Å². The average molecular weight is 307 g/mol. The van der Waals surface area contributed by atoms with Crippen molar-refractivity contribution >= 4 is 10.0 Å². The molecule has 0 aliphatic heterocycles. The van der Waals surface area contributed by atoms with Gasteiger partial charge in [0.15, 0.2) is 0 Å². The van der Waals surface area contributed by atoms with Gasteiger partial charge in [-0.15, -0.1) is 0 Å². The normalized spacial score (nSPS) is 13.1. The molecular weight excluding hydrogens is 289 g/mol. The van der Waals surface area contributed by atoms with Gasteiger partial charge in [-0.2, -0.15) is 0 Å². The molecule has 0 bridgehead atoms. The molecule has 0 heterocycles. The molecule has 0 unspecified atom stereocenters. The van der Waals surface area contributed by atoms with E-state index in [1.54, 1.807) is 0 Å². The van der Waals surface area contributed by atoms with Crippen LogP contribution in [0.1, 0.15) is 30.5 Å². The quantitative estimate of drug-likeness (QED) is 0.918. The van der Waals surface area contributed by atoms with Crippen LogP contribution in [0.4, 0.5) is 4.39 Å². The van der Waals surface area contributed by atoms with Crippen LogP contribution >= 0.6 is 0 Å². The number of halogens is 1. The van der Waals surface area contributed by atoms with Crippen molar-refractivity contribution in [2.24, 2.45) is 0 Å². The Hall–Kier alpha value is -1.72. The Morgan fingerprint density at radius 1 is 1.10 bits per heavy atom. The molecule has 2 rings (SSSR count). The number of hydrogen-bond acceptors (Lipinski definition) is 2. The first-order chi connectivity index (χ1) is 9.94. The van der Waals surface area contributed by atoms with Crippen molar-refractivity contribution in [2.75, 3.05) is 0 Å². The van der Waals surface area contributed by atoms with Crippen LogP contribution in [-0.4, -0.2) is 8.42 Å². The Balaban J connectivity index is 2.30. The summed E-state index contributed by atoms with van der Waals surface area (Å²) in [6.07, 6.45) is 0.580. The van der Waals surface area contributed by atoms with Gasteiger partial charge in [-0.3, -0.25) is 0 Å². The molecule has 0 aromatic heterocycles. The van der Waals surface area contributed by atoms with E-state index in [-0.39, 0.29) is 10.9 Å². The number of hydrogen-bond donors (Lipinski definition) is 1. The van der Waals surface area contributed by atoms with Gasteiger partial charge in [0.05, 0.1) is 0 Å². The van der Waals surface area contributed by atoms with E-state index in [0.717, 1.165) is 17.2 Å². The minimum absolute atomic E-state index is 0.324. The molecule has 112 valence electrons. The number of aryl methyl sites for hydroxylation is 1. The molecule has 1 N–H and O–H groups in total. The van der Waals surface area contributed by atoms with Crippen molar-refractivity contribution in [1.82, 2.24) is 4.72 Å². The Morgan fingerprint density at radius 2 is 1.71 bits per heavy atom. The van der Waals surface area contributed by atoms with Crippen LogP contribution in [0, 0.1) is 12.7 Å². The summed E-state index contributed by atoms with van der Waals surface area (Å²) in [5.74, 6) is -0.747. The monoisotopic (exact) mass is 307 g/mol. The van der Waals surface area contributed by atoms with Crippen molar-refractivity contribution in [3.05, 3.63) is 65.5 Å². The zero-order valence-corrected chi connectivity index (χ0v) is 12.8. The molecule has 0 aliphatic rings. The summed E-state index contributed by atoms with van der Waals surface area (Å²) in [5, 5.41) is 0. The maximum atomic E-state index is 13.7. The summed E-state index contributed by atoms with van der Waals surface area (Å²) in [6, 6.07) is 12.6. The highest BCUT2D eigenvalue weighted by Gasteiger charge is 2.22. The molecule has 0 spiro atoms. The topological polar surface area (TPSA) is 46.2 Å². The minimum Gasteiger partial charge on any atom is -0.207 e. The Kier molecular flexibility index (Phi) is 4.75. The molecule has 5 heteroatoms. The molecule has 3 nitrogen and oxygen atoms in total. The lowest BCUT2D eigenvalue weighted by molar-refractivity contribution is 0.535. The van der Waals surface area contributed by atoms with Gasteiger partial charge in [0.2, 0.25) is 10.0 Å². The fourth-order valence-electron chi connectivity index (χ4n) is 2.10. The number of benzene rings is 2. The van der Waals surface area contributed by atoms with Crippen molar-refractivity contribution in [3.8, 4) is 0 Å². The summed E-state index contributed by atoms with van der Waals surface area (Å²) < 4.78 is 40.9. The molecule has 1 atom stereocenters. The largest absolute Gasteiger partial charge is 0.244 e. The van der Waals surface area contributed by atoms with E-state index in [9.17, 15) is 12.8 Å². The average Bonchev–Trinajstić information content (AvgIpc) is 2.46.